The molecule has 0 radical (unpaired) electrons. The Bertz CT molecular complexity index is 1380. The van der Waals surface area contributed by atoms with E-state index >= 15 is 0 Å². The van der Waals surface area contributed by atoms with E-state index < -0.39 is 0 Å². The lowest BCUT2D eigenvalue weighted by Gasteiger charge is -2.32. The molecule has 2 aromatic heterocycles. The van der Waals surface area contributed by atoms with Gasteiger partial charge in [0.1, 0.15) is 5.82 Å². The second kappa shape index (κ2) is 8.37. The van der Waals surface area contributed by atoms with Crippen molar-refractivity contribution in [3.63, 3.8) is 0 Å². The number of ketones is 1. The average molecular weight is 449 g/mol. The Labute approximate surface area is 197 Å². The summed E-state index contributed by atoms with van der Waals surface area (Å²) in [5, 5.41) is 0. The Morgan fingerprint density at radius 1 is 0.853 bits per heavy atom. The Balaban J connectivity index is 1.19. The van der Waals surface area contributed by atoms with Crippen molar-refractivity contribution in [1.82, 2.24) is 19.4 Å². The van der Waals surface area contributed by atoms with Crippen LogP contribution in [0.3, 0.4) is 0 Å². The highest BCUT2D eigenvalue weighted by Gasteiger charge is 2.33. The van der Waals surface area contributed by atoms with Crippen LogP contribution in [0.5, 0.6) is 0 Å². The minimum absolute atomic E-state index is 0.0546. The number of amides is 1. The number of carbonyl (C=O) groups is 2. The lowest BCUT2D eigenvalue weighted by atomic mass is 9.94. The number of hydrogen-bond donors (Lipinski definition) is 0. The van der Waals surface area contributed by atoms with Crippen LogP contribution in [0, 0.1) is 0 Å². The summed E-state index contributed by atoms with van der Waals surface area (Å²) in [6.45, 7) is 1.98. The number of benzene rings is 2. The van der Waals surface area contributed by atoms with Crippen LogP contribution in [0.2, 0.25) is 0 Å². The van der Waals surface area contributed by atoms with Crippen LogP contribution >= 0.6 is 0 Å². The van der Waals surface area contributed by atoms with Crippen LogP contribution < -0.4 is 0 Å². The van der Waals surface area contributed by atoms with Crippen LogP contribution in [-0.2, 0) is 6.54 Å². The summed E-state index contributed by atoms with van der Waals surface area (Å²) in [5.41, 5.74) is 4.50. The van der Waals surface area contributed by atoms with E-state index in [4.69, 9.17) is 0 Å². The summed E-state index contributed by atoms with van der Waals surface area (Å²) >= 11 is 0. The normalized spacial score (nSPS) is 15.3. The van der Waals surface area contributed by atoms with Crippen molar-refractivity contribution in [3.05, 3.63) is 107 Å². The molecule has 3 heterocycles. The third-order valence-corrected chi connectivity index (χ3v) is 6.94. The fraction of sp³-hybridized carbons (Fsp3) is 0.214. The Hall–Kier alpha value is -4.06. The maximum Gasteiger partial charge on any atom is 0.254 e. The van der Waals surface area contributed by atoms with Gasteiger partial charge >= 0.3 is 0 Å². The Morgan fingerprint density at radius 2 is 1.62 bits per heavy atom. The zero-order valence-corrected chi connectivity index (χ0v) is 18.7. The Kier molecular flexibility index (Phi) is 5.06. The van der Waals surface area contributed by atoms with E-state index in [1.807, 2.05) is 71.9 Å². The summed E-state index contributed by atoms with van der Waals surface area (Å²) in [6.07, 6.45) is 7.33. The molecule has 0 bridgehead atoms. The fourth-order valence-electron chi connectivity index (χ4n) is 5.24. The average Bonchev–Trinajstić information content (AvgIpc) is 3.47. The number of pyridine rings is 1. The molecule has 2 aromatic carbocycles. The van der Waals surface area contributed by atoms with Gasteiger partial charge < -0.3 is 9.47 Å². The number of fused-ring (bicyclic) bond motifs is 3. The number of carbonyl (C=O) groups excluding carboxylic acids is 2. The monoisotopic (exact) mass is 448 g/mol. The molecule has 0 N–H and O–H groups in total. The van der Waals surface area contributed by atoms with Crippen molar-refractivity contribution in [3.8, 4) is 11.1 Å². The summed E-state index contributed by atoms with van der Waals surface area (Å²) in [6, 6.07) is 19.1. The van der Waals surface area contributed by atoms with Crippen molar-refractivity contribution in [2.75, 3.05) is 13.1 Å². The summed E-state index contributed by atoms with van der Waals surface area (Å²) in [7, 11) is 0. The van der Waals surface area contributed by atoms with E-state index in [0.717, 1.165) is 35.5 Å². The zero-order chi connectivity index (χ0) is 23.1. The van der Waals surface area contributed by atoms with Crippen molar-refractivity contribution in [1.29, 1.82) is 0 Å². The first-order chi connectivity index (χ1) is 16.7. The molecule has 168 valence electrons. The molecular formula is C28H24N4O2. The molecule has 34 heavy (non-hydrogen) atoms. The quantitative estimate of drug-likeness (QED) is 0.404. The second-order valence-corrected chi connectivity index (χ2v) is 8.90. The smallest absolute Gasteiger partial charge is 0.254 e. The minimum Gasteiger partial charge on any atom is -0.339 e. The zero-order valence-electron chi connectivity index (χ0n) is 18.7. The largest absolute Gasteiger partial charge is 0.339 e. The molecule has 6 nitrogen and oxygen atoms in total. The molecule has 0 spiro atoms. The topological polar surface area (TPSA) is 68.1 Å². The molecule has 1 aliphatic heterocycles. The van der Waals surface area contributed by atoms with Crippen molar-refractivity contribution in [2.24, 2.45) is 0 Å². The first-order valence-corrected chi connectivity index (χ1v) is 11.7. The maximum absolute atomic E-state index is 13.5. The lowest BCUT2D eigenvalue weighted by molar-refractivity contribution is 0.0707. The maximum atomic E-state index is 13.5. The van der Waals surface area contributed by atoms with E-state index in [1.165, 1.54) is 0 Å². The van der Waals surface area contributed by atoms with Gasteiger partial charge in [-0.25, -0.2) is 4.98 Å². The lowest BCUT2D eigenvalue weighted by Crippen LogP contribution is -2.39. The number of rotatable bonds is 4. The predicted molar refractivity (Wildman–Crippen MR) is 129 cm³/mol. The standard InChI is InChI=1S/C28H24N4O2/c33-26-23-8-2-1-7-21(23)22-9-5-10-24(25(22)26)28(34)31-15-11-19(12-16-31)27-30-14-17-32(27)18-20-6-3-4-13-29-20/h1-10,13-14,17,19H,11-12,15-16,18H2. The molecule has 0 atom stereocenters. The van der Waals surface area contributed by atoms with Gasteiger partial charge in [0.15, 0.2) is 5.78 Å². The number of likely N-dealkylation sites (tertiary alicyclic amines) is 1. The van der Waals surface area contributed by atoms with Crippen molar-refractivity contribution < 1.29 is 9.59 Å². The van der Waals surface area contributed by atoms with Gasteiger partial charge in [0.25, 0.3) is 5.91 Å². The fourth-order valence-corrected chi connectivity index (χ4v) is 5.24. The number of nitrogens with zero attached hydrogens (tertiary/aromatic N) is 4. The summed E-state index contributed by atoms with van der Waals surface area (Å²) in [5.74, 6) is 1.22. The molecule has 1 saturated heterocycles. The SMILES string of the molecule is O=C1c2ccccc2-c2cccc(C(=O)N3CCC(c4nccn4Cc4ccccn4)CC3)c21. The number of piperidine rings is 1. The van der Waals surface area contributed by atoms with E-state index in [1.54, 1.807) is 12.3 Å². The van der Waals surface area contributed by atoms with Crippen LogP contribution in [-0.4, -0.2) is 44.2 Å². The molecule has 1 fully saturated rings. The number of imidazole rings is 1. The summed E-state index contributed by atoms with van der Waals surface area (Å²) in [4.78, 5) is 37.6. The Morgan fingerprint density at radius 3 is 2.41 bits per heavy atom. The third kappa shape index (κ3) is 3.43. The van der Waals surface area contributed by atoms with Gasteiger partial charge in [-0.1, -0.05) is 42.5 Å². The van der Waals surface area contributed by atoms with Gasteiger partial charge in [-0.05, 0) is 42.2 Å². The van der Waals surface area contributed by atoms with E-state index in [0.29, 0.717) is 36.3 Å². The highest BCUT2D eigenvalue weighted by Crippen LogP contribution is 2.39. The second-order valence-electron chi connectivity index (χ2n) is 8.90. The molecule has 6 heteroatoms. The van der Waals surface area contributed by atoms with Gasteiger partial charge in [0, 0.05) is 48.7 Å². The van der Waals surface area contributed by atoms with E-state index in [9.17, 15) is 9.59 Å². The highest BCUT2D eigenvalue weighted by molar-refractivity contribution is 6.25. The minimum atomic E-state index is -0.0618. The highest BCUT2D eigenvalue weighted by atomic mass is 16.2. The van der Waals surface area contributed by atoms with E-state index in [2.05, 4.69) is 14.5 Å². The van der Waals surface area contributed by atoms with Crippen molar-refractivity contribution in [2.45, 2.75) is 25.3 Å². The third-order valence-electron chi connectivity index (χ3n) is 6.94. The van der Waals surface area contributed by atoms with Crippen LogP contribution in [0.4, 0.5) is 0 Å². The molecule has 1 amide bonds. The van der Waals surface area contributed by atoms with Crippen LogP contribution in [0.1, 0.15) is 56.6 Å². The molecule has 2 aliphatic rings. The predicted octanol–water partition coefficient (Wildman–Crippen LogP) is 4.56. The first kappa shape index (κ1) is 20.5. The van der Waals surface area contributed by atoms with Crippen LogP contribution in [0.25, 0.3) is 11.1 Å². The van der Waals surface area contributed by atoms with Crippen molar-refractivity contribution >= 4 is 11.7 Å². The molecule has 0 saturated carbocycles. The summed E-state index contributed by atoms with van der Waals surface area (Å²) < 4.78 is 2.16. The van der Waals surface area contributed by atoms with E-state index in [-0.39, 0.29) is 17.6 Å². The van der Waals surface area contributed by atoms with Gasteiger partial charge in [-0.3, -0.25) is 14.6 Å². The number of aromatic nitrogens is 3. The first-order valence-electron chi connectivity index (χ1n) is 11.7. The molecule has 1 aliphatic carbocycles. The molecule has 4 aromatic rings. The molecule has 0 unspecified atom stereocenters. The number of hydrogen-bond acceptors (Lipinski definition) is 4. The molecule has 6 rings (SSSR count). The van der Waals surface area contributed by atoms with Crippen LogP contribution in [0.15, 0.2) is 79.3 Å². The molecular weight excluding hydrogens is 424 g/mol. The van der Waals surface area contributed by atoms with Gasteiger partial charge in [0.05, 0.1) is 17.8 Å². The van der Waals surface area contributed by atoms with Gasteiger partial charge in [-0.2, -0.15) is 0 Å². The van der Waals surface area contributed by atoms with Gasteiger partial charge in [-0.15, -0.1) is 0 Å². The van der Waals surface area contributed by atoms with Gasteiger partial charge in [0.2, 0.25) is 0 Å².